The maximum absolute atomic E-state index is 12.2. The SMILES string of the molecule is O=C(O)CC1CCN(C(=O)c2ccc([N+](=O)[O-])cc2)C1. The molecule has 1 N–H and O–H groups in total. The highest BCUT2D eigenvalue weighted by Gasteiger charge is 2.28. The van der Waals surface area contributed by atoms with Gasteiger partial charge in [-0.2, -0.15) is 0 Å². The van der Waals surface area contributed by atoms with Gasteiger partial charge in [-0.3, -0.25) is 19.7 Å². The van der Waals surface area contributed by atoms with Crippen LogP contribution in [0, 0.1) is 16.0 Å². The summed E-state index contributed by atoms with van der Waals surface area (Å²) in [6.07, 6.45) is 0.731. The fraction of sp³-hybridized carbons (Fsp3) is 0.385. The predicted octanol–water partition coefficient (Wildman–Crippen LogP) is 1.53. The number of nitrogens with zero attached hydrogens (tertiary/aromatic N) is 2. The Hall–Kier alpha value is -2.44. The fourth-order valence-electron chi connectivity index (χ4n) is 2.34. The Morgan fingerprint density at radius 3 is 2.55 bits per heavy atom. The maximum atomic E-state index is 12.2. The number of amides is 1. The lowest BCUT2D eigenvalue weighted by molar-refractivity contribution is -0.384. The minimum atomic E-state index is -0.861. The molecule has 0 aliphatic carbocycles. The summed E-state index contributed by atoms with van der Waals surface area (Å²) >= 11 is 0. The predicted molar refractivity (Wildman–Crippen MR) is 69.4 cm³/mol. The number of nitro groups is 1. The smallest absolute Gasteiger partial charge is 0.303 e. The lowest BCUT2D eigenvalue weighted by Gasteiger charge is -2.16. The summed E-state index contributed by atoms with van der Waals surface area (Å²) in [7, 11) is 0. The number of carbonyl (C=O) groups excluding carboxylic acids is 1. The van der Waals surface area contributed by atoms with Crippen molar-refractivity contribution in [1.29, 1.82) is 0 Å². The number of benzene rings is 1. The van der Waals surface area contributed by atoms with Gasteiger partial charge in [-0.1, -0.05) is 0 Å². The Kier molecular flexibility index (Phi) is 3.97. The molecule has 1 saturated heterocycles. The van der Waals surface area contributed by atoms with Crippen molar-refractivity contribution in [2.24, 2.45) is 5.92 Å². The topological polar surface area (TPSA) is 101 Å². The van der Waals surface area contributed by atoms with E-state index in [4.69, 9.17) is 5.11 Å². The van der Waals surface area contributed by atoms with Gasteiger partial charge in [0.25, 0.3) is 11.6 Å². The van der Waals surface area contributed by atoms with Crippen molar-refractivity contribution in [3.05, 3.63) is 39.9 Å². The van der Waals surface area contributed by atoms with Crippen molar-refractivity contribution in [1.82, 2.24) is 4.90 Å². The van der Waals surface area contributed by atoms with E-state index in [1.165, 1.54) is 24.3 Å². The van der Waals surface area contributed by atoms with E-state index in [2.05, 4.69) is 0 Å². The van der Waals surface area contributed by atoms with Crippen molar-refractivity contribution in [2.45, 2.75) is 12.8 Å². The van der Waals surface area contributed by atoms with Crippen LogP contribution < -0.4 is 0 Å². The van der Waals surface area contributed by atoms with Gasteiger partial charge in [0.1, 0.15) is 0 Å². The number of carbonyl (C=O) groups is 2. The number of non-ortho nitro benzene ring substituents is 1. The number of likely N-dealkylation sites (tertiary alicyclic amines) is 1. The first-order valence-corrected chi connectivity index (χ1v) is 6.23. The molecule has 0 saturated carbocycles. The highest BCUT2D eigenvalue weighted by atomic mass is 16.6. The summed E-state index contributed by atoms with van der Waals surface area (Å²) in [4.78, 5) is 34.4. The average Bonchev–Trinajstić information content (AvgIpc) is 2.85. The van der Waals surface area contributed by atoms with Crippen molar-refractivity contribution >= 4 is 17.6 Å². The Bertz CT molecular complexity index is 540. The van der Waals surface area contributed by atoms with Gasteiger partial charge in [-0.25, -0.2) is 0 Å². The lowest BCUT2D eigenvalue weighted by Crippen LogP contribution is -2.28. The summed E-state index contributed by atoms with van der Waals surface area (Å²) in [5, 5.41) is 19.3. The van der Waals surface area contributed by atoms with Gasteiger partial charge in [-0.15, -0.1) is 0 Å². The normalized spacial score (nSPS) is 18.0. The number of carboxylic acid groups (broad SMARTS) is 1. The molecule has 1 amide bonds. The zero-order valence-corrected chi connectivity index (χ0v) is 10.7. The van der Waals surface area contributed by atoms with Gasteiger partial charge < -0.3 is 10.0 Å². The van der Waals surface area contributed by atoms with E-state index in [0.29, 0.717) is 25.1 Å². The monoisotopic (exact) mass is 278 g/mol. The quantitative estimate of drug-likeness (QED) is 0.664. The molecule has 7 heteroatoms. The van der Waals surface area contributed by atoms with Gasteiger partial charge in [0.2, 0.25) is 0 Å². The van der Waals surface area contributed by atoms with Crippen molar-refractivity contribution < 1.29 is 19.6 Å². The van der Waals surface area contributed by atoms with Crippen LogP contribution in [0.15, 0.2) is 24.3 Å². The molecule has 7 nitrogen and oxygen atoms in total. The van der Waals surface area contributed by atoms with Crippen LogP contribution in [0.25, 0.3) is 0 Å². The Morgan fingerprint density at radius 1 is 1.35 bits per heavy atom. The minimum absolute atomic E-state index is 0.0190. The van der Waals surface area contributed by atoms with Crippen molar-refractivity contribution in [2.75, 3.05) is 13.1 Å². The first kappa shape index (κ1) is 14.0. The van der Waals surface area contributed by atoms with E-state index >= 15 is 0 Å². The van der Waals surface area contributed by atoms with Crippen LogP contribution in [0.3, 0.4) is 0 Å². The van der Waals surface area contributed by atoms with Crippen LogP contribution in [-0.2, 0) is 4.79 Å². The molecule has 1 aliphatic heterocycles. The highest BCUT2D eigenvalue weighted by Crippen LogP contribution is 2.22. The van der Waals surface area contributed by atoms with E-state index in [-0.39, 0.29) is 23.9 Å². The molecule has 0 radical (unpaired) electrons. The second-order valence-corrected chi connectivity index (χ2v) is 4.81. The third kappa shape index (κ3) is 3.11. The Morgan fingerprint density at radius 2 is 2.00 bits per heavy atom. The number of hydrogen-bond donors (Lipinski definition) is 1. The van der Waals surface area contributed by atoms with Gasteiger partial charge in [0, 0.05) is 37.2 Å². The molecule has 0 bridgehead atoms. The molecule has 1 heterocycles. The summed E-state index contributed by atoms with van der Waals surface area (Å²) in [6, 6.07) is 5.42. The highest BCUT2D eigenvalue weighted by molar-refractivity contribution is 5.94. The molecule has 0 spiro atoms. The molecule has 1 aromatic rings. The molecular weight excluding hydrogens is 264 g/mol. The van der Waals surface area contributed by atoms with Crippen LogP contribution in [0.5, 0.6) is 0 Å². The first-order valence-electron chi connectivity index (χ1n) is 6.23. The molecule has 2 rings (SSSR count). The Balaban J connectivity index is 2.01. The van der Waals surface area contributed by atoms with Crippen LogP contribution in [-0.4, -0.2) is 39.9 Å². The third-order valence-corrected chi connectivity index (χ3v) is 3.36. The average molecular weight is 278 g/mol. The standard InChI is InChI=1S/C13H14N2O5/c16-12(17)7-9-5-6-14(8-9)13(18)10-1-3-11(4-2-10)15(19)20/h1-4,9H,5-8H2,(H,16,17). The van der Waals surface area contributed by atoms with E-state index in [1.54, 1.807) is 4.90 Å². The van der Waals surface area contributed by atoms with Gasteiger partial charge in [0.05, 0.1) is 4.92 Å². The van der Waals surface area contributed by atoms with Crippen LogP contribution in [0.1, 0.15) is 23.2 Å². The molecule has 1 fully saturated rings. The van der Waals surface area contributed by atoms with E-state index in [0.717, 1.165) is 0 Å². The summed E-state index contributed by atoms with van der Waals surface area (Å²) < 4.78 is 0. The van der Waals surface area contributed by atoms with E-state index in [1.807, 2.05) is 0 Å². The molecule has 106 valence electrons. The number of aliphatic carboxylic acids is 1. The second-order valence-electron chi connectivity index (χ2n) is 4.81. The number of nitro benzene ring substituents is 1. The van der Waals surface area contributed by atoms with E-state index in [9.17, 15) is 19.7 Å². The maximum Gasteiger partial charge on any atom is 0.303 e. The zero-order chi connectivity index (χ0) is 14.7. The first-order chi connectivity index (χ1) is 9.47. The Labute approximate surface area is 115 Å². The third-order valence-electron chi connectivity index (χ3n) is 3.36. The largest absolute Gasteiger partial charge is 0.481 e. The lowest BCUT2D eigenvalue weighted by atomic mass is 10.1. The molecule has 20 heavy (non-hydrogen) atoms. The minimum Gasteiger partial charge on any atom is -0.481 e. The fourth-order valence-corrected chi connectivity index (χ4v) is 2.34. The zero-order valence-electron chi connectivity index (χ0n) is 10.7. The van der Waals surface area contributed by atoms with Gasteiger partial charge >= 0.3 is 5.97 Å². The van der Waals surface area contributed by atoms with Crippen LogP contribution in [0.4, 0.5) is 5.69 Å². The van der Waals surface area contributed by atoms with E-state index < -0.39 is 10.9 Å². The summed E-state index contributed by atoms with van der Waals surface area (Å²) in [5.74, 6) is -1.10. The van der Waals surface area contributed by atoms with Crippen LogP contribution in [0.2, 0.25) is 0 Å². The molecule has 0 aromatic heterocycles. The van der Waals surface area contributed by atoms with Gasteiger partial charge in [0.15, 0.2) is 0 Å². The molecule has 1 aliphatic rings. The second kappa shape index (κ2) is 5.68. The van der Waals surface area contributed by atoms with Gasteiger partial charge in [-0.05, 0) is 24.5 Å². The molecular formula is C13H14N2O5. The molecule has 1 unspecified atom stereocenters. The molecule has 1 atom stereocenters. The number of hydrogen-bond acceptors (Lipinski definition) is 4. The van der Waals surface area contributed by atoms with Crippen LogP contribution >= 0.6 is 0 Å². The summed E-state index contributed by atoms with van der Waals surface area (Å²) in [6.45, 7) is 0.940. The number of rotatable bonds is 4. The van der Waals surface area contributed by atoms with Crippen molar-refractivity contribution in [3.8, 4) is 0 Å². The van der Waals surface area contributed by atoms with Crippen molar-refractivity contribution in [3.63, 3.8) is 0 Å². The molecule has 1 aromatic carbocycles. The summed E-state index contributed by atoms with van der Waals surface area (Å²) in [5.41, 5.74) is 0.318. The number of carboxylic acids is 1.